The molecule has 5 heteroatoms. The van der Waals surface area contributed by atoms with Crippen LogP contribution >= 0.6 is 0 Å². The molecule has 1 N–H and O–H groups in total. The first-order valence-corrected chi connectivity index (χ1v) is 8.44. The summed E-state index contributed by atoms with van der Waals surface area (Å²) in [6.07, 6.45) is 1.98. The first-order valence-electron chi connectivity index (χ1n) is 8.44. The van der Waals surface area contributed by atoms with Gasteiger partial charge in [0.15, 0.2) is 0 Å². The molecule has 0 saturated carbocycles. The maximum atomic E-state index is 14.0. The summed E-state index contributed by atoms with van der Waals surface area (Å²) in [5.41, 5.74) is 2.70. The van der Waals surface area contributed by atoms with Crippen molar-refractivity contribution in [2.24, 2.45) is 0 Å². The van der Waals surface area contributed by atoms with Crippen LogP contribution in [0, 0.1) is 5.82 Å². The lowest BCUT2D eigenvalue weighted by atomic mass is 10.0. The predicted molar refractivity (Wildman–Crippen MR) is 96.5 cm³/mol. The summed E-state index contributed by atoms with van der Waals surface area (Å²) in [5.74, 6) is 0.173. The Kier molecular flexibility index (Phi) is 4.35. The van der Waals surface area contributed by atoms with Gasteiger partial charge in [-0.25, -0.2) is 4.39 Å². The number of carbonyl (C=O) groups is 1. The Hall–Kier alpha value is -3.21. The van der Waals surface area contributed by atoms with Gasteiger partial charge >= 0.3 is 0 Å². The van der Waals surface area contributed by atoms with Gasteiger partial charge in [0.2, 0.25) is 0 Å². The van der Waals surface area contributed by atoms with Crippen LogP contribution in [0.2, 0.25) is 0 Å². The van der Waals surface area contributed by atoms with Gasteiger partial charge < -0.3 is 10.1 Å². The minimum absolute atomic E-state index is 0.152. The number of hydrogen-bond acceptors (Lipinski definition) is 3. The SMILES string of the molecule is O=C(NC[C@@H]1Cc2cc(F)cc(-c3ccccn3)c2O1)c1ccccc1. The Labute approximate surface area is 150 Å². The Morgan fingerprint density at radius 2 is 1.96 bits per heavy atom. The first kappa shape index (κ1) is 16.3. The minimum Gasteiger partial charge on any atom is -0.487 e. The van der Waals surface area contributed by atoms with Crippen LogP contribution < -0.4 is 10.1 Å². The van der Waals surface area contributed by atoms with Crippen LogP contribution in [0.1, 0.15) is 15.9 Å². The molecule has 0 saturated heterocycles. The van der Waals surface area contributed by atoms with Crippen molar-refractivity contribution >= 4 is 5.91 Å². The van der Waals surface area contributed by atoms with Gasteiger partial charge in [0.05, 0.1) is 12.2 Å². The average Bonchev–Trinajstić information content (AvgIpc) is 3.09. The van der Waals surface area contributed by atoms with Crippen molar-refractivity contribution in [2.45, 2.75) is 12.5 Å². The molecule has 1 atom stereocenters. The quantitative estimate of drug-likeness (QED) is 0.783. The molecule has 3 aromatic rings. The number of benzene rings is 2. The number of aromatic nitrogens is 1. The van der Waals surface area contributed by atoms with E-state index in [4.69, 9.17) is 4.74 Å². The highest BCUT2D eigenvalue weighted by atomic mass is 19.1. The molecule has 0 bridgehead atoms. The lowest BCUT2D eigenvalue weighted by Crippen LogP contribution is -2.34. The Morgan fingerprint density at radius 1 is 1.15 bits per heavy atom. The number of fused-ring (bicyclic) bond motifs is 1. The summed E-state index contributed by atoms with van der Waals surface area (Å²) in [6.45, 7) is 0.353. The molecule has 2 heterocycles. The van der Waals surface area contributed by atoms with E-state index in [0.29, 0.717) is 35.5 Å². The van der Waals surface area contributed by atoms with Crippen molar-refractivity contribution in [3.8, 4) is 17.0 Å². The van der Waals surface area contributed by atoms with Gasteiger partial charge in [-0.3, -0.25) is 9.78 Å². The van der Waals surface area contributed by atoms with Crippen molar-refractivity contribution in [1.82, 2.24) is 10.3 Å². The van der Waals surface area contributed by atoms with E-state index in [-0.39, 0.29) is 17.8 Å². The number of carbonyl (C=O) groups excluding carboxylic acids is 1. The molecule has 4 rings (SSSR count). The van der Waals surface area contributed by atoms with Gasteiger partial charge in [0.1, 0.15) is 17.7 Å². The van der Waals surface area contributed by atoms with Crippen LogP contribution in [-0.2, 0) is 6.42 Å². The smallest absolute Gasteiger partial charge is 0.251 e. The zero-order chi connectivity index (χ0) is 17.9. The molecule has 0 aliphatic carbocycles. The van der Waals surface area contributed by atoms with Gasteiger partial charge in [0, 0.05) is 29.3 Å². The van der Waals surface area contributed by atoms with E-state index in [1.807, 2.05) is 36.4 Å². The molecule has 0 unspecified atom stereocenters. The van der Waals surface area contributed by atoms with Crippen LogP contribution in [0.4, 0.5) is 4.39 Å². The van der Waals surface area contributed by atoms with Gasteiger partial charge in [0.25, 0.3) is 5.91 Å². The van der Waals surface area contributed by atoms with Gasteiger partial charge in [-0.05, 0) is 36.4 Å². The largest absolute Gasteiger partial charge is 0.487 e. The highest BCUT2D eigenvalue weighted by Crippen LogP contribution is 2.38. The third-order valence-corrected chi connectivity index (χ3v) is 4.33. The number of rotatable bonds is 4. The molecular weight excluding hydrogens is 331 g/mol. The lowest BCUT2D eigenvalue weighted by molar-refractivity contribution is 0.0933. The average molecular weight is 348 g/mol. The zero-order valence-corrected chi connectivity index (χ0v) is 14.0. The fraction of sp³-hybridized carbons (Fsp3) is 0.143. The van der Waals surface area contributed by atoms with E-state index in [9.17, 15) is 9.18 Å². The number of hydrogen-bond donors (Lipinski definition) is 1. The van der Waals surface area contributed by atoms with Crippen molar-refractivity contribution in [3.63, 3.8) is 0 Å². The van der Waals surface area contributed by atoms with Crippen LogP contribution in [0.3, 0.4) is 0 Å². The maximum Gasteiger partial charge on any atom is 0.251 e. The van der Waals surface area contributed by atoms with Gasteiger partial charge in [-0.1, -0.05) is 24.3 Å². The molecule has 1 amide bonds. The van der Waals surface area contributed by atoms with Crippen LogP contribution in [0.15, 0.2) is 66.9 Å². The zero-order valence-electron chi connectivity index (χ0n) is 14.0. The monoisotopic (exact) mass is 348 g/mol. The molecule has 1 aliphatic rings. The second-order valence-corrected chi connectivity index (χ2v) is 6.18. The molecule has 0 fully saturated rings. The van der Waals surface area contributed by atoms with E-state index >= 15 is 0 Å². The molecule has 1 aliphatic heterocycles. The summed E-state index contributed by atoms with van der Waals surface area (Å²) in [4.78, 5) is 16.5. The summed E-state index contributed by atoms with van der Waals surface area (Å²) >= 11 is 0. The van der Waals surface area contributed by atoms with Crippen molar-refractivity contribution in [3.05, 3.63) is 83.8 Å². The lowest BCUT2D eigenvalue weighted by Gasteiger charge is -2.13. The second-order valence-electron chi connectivity index (χ2n) is 6.18. The molecule has 130 valence electrons. The molecule has 0 radical (unpaired) electrons. The van der Waals surface area contributed by atoms with E-state index in [0.717, 1.165) is 5.56 Å². The highest BCUT2D eigenvalue weighted by Gasteiger charge is 2.27. The Balaban J connectivity index is 1.50. The number of nitrogens with one attached hydrogen (secondary N) is 1. The summed E-state index contributed by atoms with van der Waals surface area (Å²) in [6, 6.07) is 17.4. The van der Waals surface area contributed by atoms with E-state index in [1.165, 1.54) is 12.1 Å². The number of halogens is 1. The first-order chi connectivity index (χ1) is 12.7. The predicted octanol–water partition coefficient (Wildman–Crippen LogP) is 3.62. The molecule has 0 spiro atoms. The van der Waals surface area contributed by atoms with Crippen molar-refractivity contribution in [2.75, 3.05) is 6.54 Å². The summed E-state index contributed by atoms with van der Waals surface area (Å²) in [5, 5.41) is 2.88. The molecule has 4 nitrogen and oxygen atoms in total. The maximum absolute atomic E-state index is 14.0. The molecule has 26 heavy (non-hydrogen) atoms. The van der Waals surface area contributed by atoms with Gasteiger partial charge in [-0.15, -0.1) is 0 Å². The standard InChI is InChI=1S/C21H17FN2O2/c22-16-10-15-11-17(13-24-21(25)14-6-2-1-3-7-14)26-20(15)18(12-16)19-8-4-5-9-23-19/h1-10,12,17H,11,13H2,(H,24,25)/t17-/m0/s1. The normalized spacial score (nSPS) is 15.2. The summed E-state index contributed by atoms with van der Waals surface area (Å²) < 4.78 is 20.0. The van der Waals surface area contributed by atoms with E-state index in [2.05, 4.69) is 10.3 Å². The van der Waals surface area contributed by atoms with Crippen LogP contribution in [0.5, 0.6) is 5.75 Å². The van der Waals surface area contributed by atoms with Crippen molar-refractivity contribution < 1.29 is 13.9 Å². The third-order valence-electron chi connectivity index (χ3n) is 4.33. The molecule has 2 aromatic carbocycles. The molecule has 1 aromatic heterocycles. The van der Waals surface area contributed by atoms with Crippen LogP contribution in [-0.4, -0.2) is 23.5 Å². The Morgan fingerprint density at radius 3 is 2.73 bits per heavy atom. The van der Waals surface area contributed by atoms with Crippen LogP contribution in [0.25, 0.3) is 11.3 Å². The fourth-order valence-corrected chi connectivity index (χ4v) is 3.12. The number of nitrogens with zero attached hydrogens (tertiary/aromatic N) is 1. The number of ether oxygens (including phenoxy) is 1. The van der Waals surface area contributed by atoms with E-state index in [1.54, 1.807) is 18.3 Å². The minimum atomic E-state index is -0.318. The number of pyridine rings is 1. The summed E-state index contributed by atoms with van der Waals surface area (Å²) in [7, 11) is 0. The third kappa shape index (κ3) is 3.28. The van der Waals surface area contributed by atoms with E-state index < -0.39 is 0 Å². The Bertz CT molecular complexity index is 930. The highest BCUT2D eigenvalue weighted by molar-refractivity contribution is 5.94. The second kappa shape index (κ2) is 6.96. The van der Waals surface area contributed by atoms with Gasteiger partial charge in [-0.2, -0.15) is 0 Å². The fourth-order valence-electron chi connectivity index (χ4n) is 3.12. The topological polar surface area (TPSA) is 51.2 Å². The number of amides is 1. The molecular formula is C21H17FN2O2. The van der Waals surface area contributed by atoms with Crippen molar-refractivity contribution in [1.29, 1.82) is 0 Å².